The first-order valence-electron chi connectivity index (χ1n) is 9.41. The number of benzene rings is 1. The number of nitrogens with one attached hydrogen (secondary N) is 2. The van der Waals surface area contributed by atoms with Gasteiger partial charge in [0.15, 0.2) is 5.96 Å². The lowest BCUT2D eigenvalue weighted by Crippen LogP contribution is -2.46. The molecule has 0 aliphatic carbocycles. The molecule has 6 nitrogen and oxygen atoms in total. The van der Waals surface area contributed by atoms with Crippen LogP contribution in [0.25, 0.3) is 0 Å². The maximum absolute atomic E-state index is 13.2. The second kappa shape index (κ2) is 10.8. The second-order valence-electron chi connectivity index (χ2n) is 6.94. The van der Waals surface area contributed by atoms with Gasteiger partial charge in [0.2, 0.25) is 5.91 Å². The minimum absolute atomic E-state index is 0. The van der Waals surface area contributed by atoms with Crippen LogP contribution < -0.4 is 10.6 Å². The Labute approximate surface area is 177 Å². The predicted octanol–water partition coefficient (Wildman–Crippen LogP) is 2.52. The van der Waals surface area contributed by atoms with E-state index < -0.39 is 0 Å². The number of aliphatic imine (C=N–C) groups is 1. The lowest BCUT2D eigenvalue weighted by molar-refractivity contribution is -0.115. The molecule has 1 unspecified atom stereocenters. The van der Waals surface area contributed by atoms with Crippen molar-refractivity contribution in [3.8, 4) is 0 Å². The molecule has 0 spiro atoms. The van der Waals surface area contributed by atoms with Crippen LogP contribution in [0, 0.1) is 5.82 Å². The third-order valence-corrected chi connectivity index (χ3v) is 5.10. The van der Waals surface area contributed by atoms with E-state index in [-0.39, 0.29) is 42.2 Å². The first-order chi connectivity index (χ1) is 12.7. The van der Waals surface area contributed by atoms with Crippen LogP contribution in [0.1, 0.15) is 25.7 Å². The molecule has 1 atom stereocenters. The van der Waals surface area contributed by atoms with Crippen molar-refractivity contribution >= 4 is 41.5 Å². The Hall–Kier alpha value is -1.42. The number of halogens is 2. The number of piperidine rings is 1. The molecule has 2 saturated heterocycles. The number of rotatable bonds is 4. The molecule has 0 aromatic heterocycles. The SMILES string of the molecule is CN=C(NCC(=O)Nc1cccc(F)c1)N1CCC(N2CCCCC2)C1.I. The van der Waals surface area contributed by atoms with Crippen molar-refractivity contribution in [1.82, 2.24) is 15.1 Å². The Kier molecular flexibility index (Phi) is 8.75. The van der Waals surface area contributed by atoms with Crippen molar-refractivity contribution in [2.45, 2.75) is 31.7 Å². The fourth-order valence-electron chi connectivity index (χ4n) is 3.78. The maximum atomic E-state index is 13.2. The zero-order valence-corrected chi connectivity index (χ0v) is 18.1. The minimum Gasteiger partial charge on any atom is -0.347 e. The van der Waals surface area contributed by atoms with Gasteiger partial charge < -0.3 is 15.5 Å². The van der Waals surface area contributed by atoms with Crippen molar-refractivity contribution in [1.29, 1.82) is 0 Å². The molecule has 27 heavy (non-hydrogen) atoms. The fourth-order valence-corrected chi connectivity index (χ4v) is 3.78. The highest BCUT2D eigenvalue weighted by atomic mass is 127. The molecule has 0 saturated carbocycles. The van der Waals surface area contributed by atoms with Crippen molar-refractivity contribution < 1.29 is 9.18 Å². The maximum Gasteiger partial charge on any atom is 0.243 e. The van der Waals surface area contributed by atoms with E-state index in [2.05, 4.69) is 25.4 Å². The minimum atomic E-state index is -0.368. The van der Waals surface area contributed by atoms with E-state index in [0.29, 0.717) is 11.7 Å². The van der Waals surface area contributed by atoms with Gasteiger partial charge in [0.25, 0.3) is 0 Å². The van der Waals surface area contributed by atoms with Gasteiger partial charge in [0.05, 0.1) is 6.54 Å². The number of hydrogen-bond acceptors (Lipinski definition) is 3. The number of guanidine groups is 1. The third kappa shape index (κ3) is 6.31. The van der Waals surface area contributed by atoms with E-state index in [0.717, 1.165) is 25.5 Å². The van der Waals surface area contributed by atoms with Crippen molar-refractivity contribution in [2.24, 2.45) is 4.99 Å². The summed E-state index contributed by atoms with van der Waals surface area (Å²) in [6.07, 6.45) is 5.07. The van der Waals surface area contributed by atoms with Crippen LogP contribution in [0.15, 0.2) is 29.3 Å². The summed E-state index contributed by atoms with van der Waals surface area (Å²) in [5.41, 5.74) is 0.457. The fraction of sp³-hybridized carbons (Fsp3) is 0.579. The van der Waals surface area contributed by atoms with E-state index in [1.165, 1.54) is 44.5 Å². The molecule has 2 N–H and O–H groups in total. The Balaban J connectivity index is 0.00000261. The highest BCUT2D eigenvalue weighted by molar-refractivity contribution is 14.0. The van der Waals surface area contributed by atoms with Crippen LogP contribution in [0.5, 0.6) is 0 Å². The quantitative estimate of drug-likeness (QED) is 0.388. The number of amides is 1. The second-order valence-corrected chi connectivity index (χ2v) is 6.94. The van der Waals surface area contributed by atoms with E-state index >= 15 is 0 Å². The Bertz CT molecular complexity index is 651. The molecule has 150 valence electrons. The van der Waals surface area contributed by atoms with Crippen LogP contribution in [0.3, 0.4) is 0 Å². The Morgan fingerprint density at radius 3 is 2.74 bits per heavy atom. The number of carbonyl (C=O) groups is 1. The largest absolute Gasteiger partial charge is 0.347 e. The summed E-state index contributed by atoms with van der Waals surface area (Å²) < 4.78 is 13.2. The molecule has 0 radical (unpaired) electrons. The number of hydrogen-bond donors (Lipinski definition) is 2. The zero-order valence-electron chi connectivity index (χ0n) is 15.8. The third-order valence-electron chi connectivity index (χ3n) is 5.10. The number of anilines is 1. The predicted molar refractivity (Wildman–Crippen MR) is 117 cm³/mol. The highest BCUT2D eigenvalue weighted by Gasteiger charge is 2.30. The first-order valence-corrected chi connectivity index (χ1v) is 9.41. The molecule has 1 aromatic rings. The summed E-state index contributed by atoms with van der Waals surface area (Å²) in [4.78, 5) is 21.2. The molecule has 2 aliphatic heterocycles. The lowest BCUT2D eigenvalue weighted by atomic mass is 10.1. The van der Waals surface area contributed by atoms with E-state index in [1.54, 1.807) is 19.2 Å². The van der Waals surface area contributed by atoms with Gasteiger partial charge in [-0.1, -0.05) is 12.5 Å². The van der Waals surface area contributed by atoms with Crippen LogP contribution in [0.4, 0.5) is 10.1 Å². The molecule has 1 aromatic carbocycles. The number of likely N-dealkylation sites (tertiary alicyclic amines) is 2. The van der Waals surface area contributed by atoms with Gasteiger partial charge in [-0.3, -0.25) is 14.7 Å². The molecular formula is C19H29FIN5O. The topological polar surface area (TPSA) is 60.0 Å². The molecular weight excluding hydrogens is 460 g/mol. The average Bonchev–Trinajstić information content (AvgIpc) is 3.13. The van der Waals surface area contributed by atoms with E-state index in [1.807, 2.05) is 0 Å². The summed E-state index contributed by atoms with van der Waals surface area (Å²) in [5.74, 6) is 0.162. The van der Waals surface area contributed by atoms with Gasteiger partial charge in [-0.25, -0.2) is 4.39 Å². The zero-order chi connectivity index (χ0) is 18.4. The van der Waals surface area contributed by atoms with Crippen molar-refractivity contribution in [3.63, 3.8) is 0 Å². The molecule has 1 amide bonds. The highest BCUT2D eigenvalue weighted by Crippen LogP contribution is 2.20. The van der Waals surface area contributed by atoms with Gasteiger partial charge in [0.1, 0.15) is 5.82 Å². The Morgan fingerprint density at radius 1 is 1.26 bits per heavy atom. The summed E-state index contributed by atoms with van der Waals surface area (Å²) in [6.45, 7) is 4.40. The van der Waals surface area contributed by atoms with Crippen molar-refractivity contribution in [2.75, 3.05) is 45.1 Å². The average molecular weight is 489 g/mol. The van der Waals surface area contributed by atoms with Crippen LogP contribution in [0.2, 0.25) is 0 Å². The molecule has 8 heteroatoms. The molecule has 0 bridgehead atoms. The number of nitrogens with zero attached hydrogens (tertiary/aromatic N) is 3. The standard InChI is InChI=1S/C19H28FN5O.HI/c1-21-19(22-13-18(26)23-16-7-5-6-15(20)12-16)25-11-8-17(14-25)24-9-3-2-4-10-24;/h5-7,12,17H,2-4,8-11,13-14H2,1H3,(H,21,22)(H,23,26);1H. The van der Waals surface area contributed by atoms with Crippen LogP contribution >= 0.6 is 24.0 Å². The van der Waals surface area contributed by atoms with Gasteiger partial charge in [-0.2, -0.15) is 0 Å². The molecule has 2 heterocycles. The number of carbonyl (C=O) groups excluding carboxylic acids is 1. The molecule has 2 aliphatic rings. The summed E-state index contributed by atoms with van der Waals surface area (Å²) in [6, 6.07) is 6.47. The molecule has 2 fully saturated rings. The molecule has 3 rings (SSSR count). The van der Waals surface area contributed by atoms with Crippen LogP contribution in [-0.4, -0.2) is 67.5 Å². The monoisotopic (exact) mass is 489 g/mol. The Morgan fingerprint density at radius 2 is 2.04 bits per heavy atom. The van der Waals surface area contributed by atoms with E-state index in [4.69, 9.17) is 0 Å². The van der Waals surface area contributed by atoms with E-state index in [9.17, 15) is 9.18 Å². The normalized spacial score (nSPS) is 20.9. The van der Waals surface area contributed by atoms with Gasteiger partial charge >= 0.3 is 0 Å². The van der Waals surface area contributed by atoms with Crippen LogP contribution in [-0.2, 0) is 4.79 Å². The van der Waals surface area contributed by atoms with Gasteiger partial charge in [0, 0.05) is 31.9 Å². The van der Waals surface area contributed by atoms with Gasteiger partial charge in [-0.05, 0) is 50.6 Å². The summed E-state index contributed by atoms with van der Waals surface area (Å²) in [5, 5.41) is 5.81. The van der Waals surface area contributed by atoms with Gasteiger partial charge in [-0.15, -0.1) is 24.0 Å². The smallest absolute Gasteiger partial charge is 0.243 e. The summed E-state index contributed by atoms with van der Waals surface area (Å²) >= 11 is 0. The lowest BCUT2D eigenvalue weighted by Gasteiger charge is -2.32. The van der Waals surface area contributed by atoms with Crippen molar-refractivity contribution in [3.05, 3.63) is 30.1 Å². The first kappa shape index (κ1) is 21.9. The summed E-state index contributed by atoms with van der Waals surface area (Å²) in [7, 11) is 1.74.